The second-order valence-corrected chi connectivity index (χ2v) is 8.55. The molecule has 33 heavy (non-hydrogen) atoms. The van der Waals surface area contributed by atoms with Crippen molar-refractivity contribution < 1.29 is 14.7 Å². The number of thiocarbonyl (C=S) groups is 1. The van der Waals surface area contributed by atoms with Gasteiger partial charge in [0.25, 0.3) is 0 Å². The average Bonchev–Trinajstić information content (AvgIpc) is 2.81. The van der Waals surface area contributed by atoms with Crippen molar-refractivity contribution in [1.82, 2.24) is 10.6 Å². The van der Waals surface area contributed by atoms with E-state index in [2.05, 4.69) is 10.6 Å². The molecule has 6 heteroatoms. The molecule has 0 saturated heterocycles. The van der Waals surface area contributed by atoms with Gasteiger partial charge in [0.1, 0.15) is 12.1 Å². The predicted molar refractivity (Wildman–Crippen MR) is 134 cm³/mol. The highest BCUT2D eigenvalue weighted by molar-refractivity contribution is 7.80. The first kappa shape index (κ1) is 24.1. The summed E-state index contributed by atoms with van der Waals surface area (Å²) >= 11 is 5.54. The maximum Gasteiger partial charge on any atom is 0.326 e. The minimum atomic E-state index is -1.08. The van der Waals surface area contributed by atoms with Gasteiger partial charge in [0.05, 0.1) is 4.99 Å². The van der Waals surface area contributed by atoms with E-state index in [9.17, 15) is 14.7 Å². The number of carbonyl (C=O) groups is 2. The van der Waals surface area contributed by atoms with Crippen molar-refractivity contribution >= 4 is 29.1 Å². The molecule has 0 saturated carbocycles. The Labute approximate surface area is 199 Å². The highest BCUT2D eigenvalue weighted by Crippen LogP contribution is 2.09. The average molecular weight is 461 g/mol. The van der Waals surface area contributed by atoms with Crippen LogP contribution in [0.4, 0.5) is 0 Å². The van der Waals surface area contributed by atoms with Gasteiger partial charge >= 0.3 is 5.97 Å². The van der Waals surface area contributed by atoms with Gasteiger partial charge in [-0.25, -0.2) is 4.79 Å². The van der Waals surface area contributed by atoms with Crippen LogP contribution in [0.1, 0.15) is 22.3 Å². The van der Waals surface area contributed by atoms with Crippen LogP contribution in [0.3, 0.4) is 0 Å². The number of aryl methyl sites for hydroxylation is 1. The summed E-state index contributed by atoms with van der Waals surface area (Å²) in [6.07, 6.45) is 1.09. The molecule has 3 aromatic rings. The van der Waals surface area contributed by atoms with E-state index in [1.807, 2.05) is 91.9 Å². The number of carboxylic acid groups (broad SMARTS) is 1. The van der Waals surface area contributed by atoms with Gasteiger partial charge in [0.2, 0.25) is 5.91 Å². The zero-order valence-electron chi connectivity index (χ0n) is 18.5. The van der Waals surface area contributed by atoms with Gasteiger partial charge in [-0.05, 0) is 23.6 Å². The van der Waals surface area contributed by atoms with Crippen LogP contribution in [0.2, 0.25) is 0 Å². The monoisotopic (exact) mass is 460 g/mol. The first-order chi connectivity index (χ1) is 15.9. The zero-order valence-corrected chi connectivity index (χ0v) is 19.3. The SMILES string of the molecule is Cc1ccc(CC(=S)N[C@@H](Cc2ccccc2)C(=O)N[C@@H](Cc2ccccc2)C(=O)O)cc1. The number of benzene rings is 3. The van der Waals surface area contributed by atoms with Gasteiger partial charge in [-0.1, -0.05) is 103 Å². The molecule has 0 heterocycles. The predicted octanol–water partition coefficient (Wildman–Crippen LogP) is 3.88. The van der Waals surface area contributed by atoms with Crippen LogP contribution in [0.25, 0.3) is 0 Å². The van der Waals surface area contributed by atoms with Crippen LogP contribution >= 0.6 is 12.2 Å². The van der Waals surface area contributed by atoms with Crippen LogP contribution < -0.4 is 10.6 Å². The number of amides is 1. The van der Waals surface area contributed by atoms with Crippen LogP contribution in [-0.4, -0.2) is 34.1 Å². The van der Waals surface area contributed by atoms with Crippen molar-refractivity contribution in [3.63, 3.8) is 0 Å². The molecule has 0 aromatic heterocycles. The molecular formula is C27H28N2O3S. The van der Waals surface area contributed by atoms with Crippen LogP contribution in [-0.2, 0) is 28.9 Å². The fraction of sp³-hybridized carbons (Fsp3) is 0.222. The highest BCUT2D eigenvalue weighted by Gasteiger charge is 2.26. The largest absolute Gasteiger partial charge is 0.480 e. The van der Waals surface area contributed by atoms with Gasteiger partial charge in [-0.3, -0.25) is 4.79 Å². The van der Waals surface area contributed by atoms with E-state index in [1.165, 1.54) is 0 Å². The summed E-state index contributed by atoms with van der Waals surface area (Å²) < 4.78 is 0. The third-order valence-electron chi connectivity index (χ3n) is 5.32. The molecule has 0 unspecified atom stereocenters. The number of rotatable bonds is 10. The van der Waals surface area contributed by atoms with E-state index in [4.69, 9.17) is 12.2 Å². The van der Waals surface area contributed by atoms with Crippen molar-refractivity contribution in [2.24, 2.45) is 0 Å². The lowest BCUT2D eigenvalue weighted by Crippen LogP contribution is -2.53. The number of aliphatic carboxylic acids is 1. The molecule has 0 fully saturated rings. The fourth-order valence-electron chi connectivity index (χ4n) is 3.52. The van der Waals surface area contributed by atoms with Gasteiger partial charge in [0, 0.05) is 19.3 Å². The molecule has 0 aliphatic carbocycles. The lowest BCUT2D eigenvalue weighted by atomic mass is 10.0. The van der Waals surface area contributed by atoms with Gasteiger partial charge < -0.3 is 15.7 Å². The molecule has 0 spiro atoms. The molecule has 0 radical (unpaired) electrons. The third-order valence-corrected chi connectivity index (χ3v) is 5.58. The molecule has 1 amide bonds. The Balaban J connectivity index is 1.72. The Morgan fingerprint density at radius 1 is 0.758 bits per heavy atom. The molecule has 170 valence electrons. The van der Waals surface area contributed by atoms with E-state index in [1.54, 1.807) is 0 Å². The molecular weight excluding hydrogens is 432 g/mol. The molecule has 3 aromatic carbocycles. The first-order valence-electron chi connectivity index (χ1n) is 10.9. The standard InChI is InChI=1S/C27H28N2O3S/c1-19-12-14-22(15-13-19)18-25(33)28-23(16-20-8-4-2-5-9-20)26(30)29-24(27(31)32)17-21-10-6-3-7-11-21/h2-15,23-24H,16-18H2,1H3,(H,28,33)(H,29,30)(H,31,32)/t23-,24-/m0/s1. The highest BCUT2D eigenvalue weighted by atomic mass is 32.1. The Bertz CT molecular complexity index is 1070. The quantitative estimate of drug-likeness (QED) is 0.400. The topological polar surface area (TPSA) is 78.4 Å². The fourth-order valence-corrected chi connectivity index (χ4v) is 3.83. The second-order valence-electron chi connectivity index (χ2n) is 8.06. The van der Waals surface area contributed by atoms with E-state index in [-0.39, 0.29) is 6.42 Å². The summed E-state index contributed by atoms with van der Waals surface area (Å²) in [6, 6.07) is 25.2. The summed E-state index contributed by atoms with van der Waals surface area (Å²) in [5.74, 6) is -1.47. The smallest absolute Gasteiger partial charge is 0.326 e. The summed E-state index contributed by atoms with van der Waals surface area (Å²) in [5.41, 5.74) is 4.01. The van der Waals surface area contributed by atoms with E-state index >= 15 is 0 Å². The maximum absolute atomic E-state index is 13.2. The van der Waals surface area contributed by atoms with Gasteiger partial charge in [0.15, 0.2) is 0 Å². The zero-order chi connectivity index (χ0) is 23.6. The Hall–Kier alpha value is -3.51. The van der Waals surface area contributed by atoms with Crippen LogP contribution in [0.5, 0.6) is 0 Å². The van der Waals surface area contributed by atoms with Crippen molar-refractivity contribution in [1.29, 1.82) is 0 Å². The Morgan fingerprint density at radius 2 is 1.27 bits per heavy atom. The third kappa shape index (κ3) is 7.84. The molecule has 0 aliphatic heterocycles. The lowest BCUT2D eigenvalue weighted by Gasteiger charge is -2.23. The molecule has 0 aliphatic rings. The Kier molecular flexibility index (Phi) is 8.72. The molecule has 3 rings (SSSR count). The van der Waals surface area contributed by atoms with Crippen LogP contribution in [0.15, 0.2) is 84.9 Å². The minimum absolute atomic E-state index is 0.202. The normalized spacial score (nSPS) is 12.4. The summed E-state index contributed by atoms with van der Waals surface area (Å²) in [4.78, 5) is 25.6. The summed E-state index contributed by atoms with van der Waals surface area (Å²) in [7, 11) is 0. The minimum Gasteiger partial charge on any atom is -0.480 e. The Morgan fingerprint density at radius 3 is 1.79 bits per heavy atom. The molecule has 5 nitrogen and oxygen atoms in total. The van der Waals surface area contributed by atoms with Gasteiger partial charge in [-0.15, -0.1) is 0 Å². The number of carboxylic acids is 1. The van der Waals surface area contributed by atoms with E-state index in [0.29, 0.717) is 17.8 Å². The summed E-state index contributed by atoms with van der Waals surface area (Å²) in [5, 5.41) is 15.6. The lowest BCUT2D eigenvalue weighted by molar-refractivity contribution is -0.142. The van der Waals surface area contributed by atoms with E-state index in [0.717, 1.165) is 22.3 Å². The number of nitrogens with one attached hydrogen (secondary N) is 2. The van der Waals surface area contributed by atoms with Crippen molar-refractivity contribution in [3.8, 4) is 0 Å². The van der Waals surface area contributed by atoms with Crippen molar-refractivity contribution in [3.05, 3.63) is 107 Å². The van der Waals surface area contributed by atoms with Gasteiger partial charge in [-0.2, -0.15) is 0 Å². The molecule has 0 bridgehead atoms. The first-order valence-corrected chi connectivity index (χ1v) is 11.3. The maximum atomic E-state index is 13.2. The second kappa shape index (κ2) is 11.9. The van der Waals surface area contributed by atoms with Crippen LogP contribution in [0, 0.1) is 6.92 Å². The summed E-state index contributed by atoms with van der Waals surface area (Å²) in [6.45, 7) is 2.02. The van der Waals surface area contributed by atoms with Crippen molar-refractivity contribution in [2.75, 3.05) is 0 Å². The molecule has 2 atom stereocenters. The molecule has 3 N–H and O–H groups in total. The van der Waals surface area contributed by atoms with Crippen molar-refractivity contribution in [2.45, 2.75) is 38.3 Å². The van der Waals surface area contributed by atoms with E-state index < -0.39 is 24.0 Å². The number of carbonyl (C=O) groups excluding carboxylic acids is 1. The number of hydrogen-bond acceptors (Lipinski definition) is 3. The number of hydrogen-bond donors (Lipinski definition) is 3.